The Morgan fingerprint density at radius 3 is 2.32 bits per heavy atom. The maximum atomic E-state index is 13.5. The van der Waals surface area contributed by atoms with Crippen molar-refractivity contribution in [3.8, 4) is 5.69 Å². The van der Waals surface area contributed by atoms with Crippen LogP contribution in [0.2, 0.25) is 0 Å². The summed E-state index contributed by atoms with van der Waals surface area (Å²) in [7, 11) is 0. The van der Waals surface area contributed by atoms with E-state index in [-0.39, 0.29) is 5.56 Å². The van der Waals surface area contributed by atoms with Gasteiger partial charge in [-0.05, 0) is 36.4 Å². The number of nitrogens with one attached hydrogen (secondary N) is 1. The van der Waals surface area contributed by atoms with Crippen LogP contribution in [0.5, 0.6) is 0 Å². The Labute approximate surface area is 124 Å². The maximum absolute atomic E-state index is 13.5. The lowest BCUT2D eigenvalue weighted by Gasteiger charge is -2.08. The van der Waals surface area contributed by atoms with E-state index in [1.807, 2.05) is 0 Å². The molecule has 3 rings (SSSR count). The number of carbonyl (C=O) groups excluding carboxylic acids is 1. The van der Waals surface area contributed by atoms with Gasteiger partial charge in [0, 0.05) is 5.56 Å². The summed E-state index contributed by atoms with van der Waals surface area (Å²) in [5.41, 5.74) is 0.519. The van der Waals surface area contributed by atoms with E-state index in [0.29, 0.717) is 5.69 Å². The number of aromatic nitrogens is 3. The molecule has 0 unspecified atom stereocenters. The molecule has 0 saturated heterocycles. The number of anilines is 1. The molecule has 0 bridgehead atoms. The van der Waals surface area contributed by atoms with Crippen molar-refractivity contribution in [2.45, 2.75) is 0 Å². The summed E-state index contributed by atoms with van der Waals surface area (Å²) >= 11 is 0. The first-order valence-electron chi connectivity index (χ1n) is 6.37. The van der Waals surface area contributed by atoms with Crippen LogP contribution >= 0.6 is 0 Å². The first kappa shape index (κ1) is 13.9. The van der Waals surface area contributed by atoms with E-state index in [2.05, 4.69) is 15.6 Å². The maximum Gasteiger partial charge on any atom is 0.255 e. The molecule has 0 aliphatic rings. The van der Waals surface area contributed by atoms with Gasteiger partial charge in [0.1, 0.15) is 17.3 Å². The van der Waals surface area contributed by atoms with Crippen molar-refractivity contribution in [3.63, 3.8) is 0 Å². The fourth-order valence-electron chi connectivity index (χ4n) is 1.91. The van der Waals surface area contributed by atoms with Gasteiger partial charge in [-0.15, -0.1) is 5.10 Å². The van der Waals surface area contributed by atoms with E-state index in [1.54, 1.807) is 18.3 Å². The fourth-order valence-corrected chi connectivity index (χ4v) is 1.91. The van der Waals surface area contributed by atoms with Crippen LogP contribution in [0.25, 0.3) is 5.69 Å². The lowest BCUT2D eigenvalue weighted by Crippen LogP contribution is -2.14. The Morgan fingerprint density at radius 1 is 1.05 bits per heavy atom. The summed E-state index contributed by atoms with van der Waals surface area (Å²) in [5, 5.41) is 9.73. The summed E-state index contributed by atoms with van der Waals surface area (Å²) in [5.74, 6) is -2.26. The average molecular weight is 300 g/mol. The monoisotopic (exact) mass is 300 g/mol. The largest absolute Gasteiger partial charge is 0.317 e. The Bertz CT molecular complexity index is 781. The molecule has 0 aliphatic heterocycles. The quantitative estimate of drug-likeness (QED) is 0.809. The number of rotatable bonds is 3. The lowest BCUT2D eigenvalue weighted by atomic mass is 10.2. The van der Waals surface area contributed by atoms with Gasteiger partial charge in [-0.1, -0.05) is 11.3 Å². The highest BCUT2D eigenvalue weighted by Crippen LogP contribution is 2.19. The van der Waals surface area contributed by atoms with Crippen LogP contribution < -0.4 is 5.32 Å². The molecule has 3 aromatic rings. The molecule has 1 amide bonds. The van der Waals surface area contributed by atoms with Crippen LogP contribution in [0.4, 0.5) is 14.5 Å². The first-order valence-corrected chi connectivity index (χ1v) is 6.37. The Hall–Kier alpha value is -3.09. The predicted octanol–water partition coefficient (Wildman–Crippen LogP) is 2.80. The molecular formula is C15H10F2N4O. The van der Waals surface area contributed by atoms with Crippen LogP contribution in [0.15, 0.2) is 54.9 Å². The zero-order chi connectivity index (χ0) is 15.5. The molecule has 7 heteroatoms. The van der Waals surface area contributed by atoms with Gasteiger partial charge in [0.25, 0.3) is 5.91 Å². The van der Waals surface area contributed by atoms with Gasteiger partial charge < -0.3 is 5.32 Å². The number of halogens is 2. The summed E-state index contributed by atoms with van der Waals surface area (Å²) < 4.78 is 28.5. The topological polar surface area (TPSA) is 59.8 Å². The Balaban J connectivity index is 1.81. The average Bonchev–Trinajstić information content (AvgIpc) is 3.05. The molecule has 0 radical (unpaired) electrons. The lowest BCUT2D eigenvalue weighted by molar-refractivity contribution is 0.102. The normalized spacial score (nSPS) is 10.5. The zero-order valence-electron chi connectivity index (χ0n) is 11.2. The molecule has 0 spiro atoms. The molecule has 1 heterocycles. The summed E-state index contributed by atoms with van der Waals surface area (Å²) in [6.45, 7) is 0. The molecule has 0 aliphatic carbocycles. The van der Waals surface area contributed by atoms with Gasteiger partial charge >= 0.3 is 0 Å². The number of para-hydroxylation sites is 1. The zero-order valence-corrected chi connectivity index (χ0v) is 11.2. The first-order chi connectivity index (χ1) is 10.6. The van der Waals surface area contributed by atoms with Gasteiger partial charge in [-0.25, -0.2) is 13.5 Å². The van der Waals surface area contributed by atoms with Crippen molar-refractivity contribution >= 4 is 11.6 Å². The number of nitrogens with zero attached hydrogens (tertiary/aromatic N) is 3. The third kappa shape index (κ3) is 2.69. The minimum Gasteiger partial charge on any atom is -0.317 e. The third-order valence-corrected chi connectivity index (χ3v) is 3.02. The SMILES string of the molecule is O=C(Nc1c(F)cccc1F)c1ccc(-n2ccnn2)cc1. The van der Waals surface area contributed by atoms with Crippen LogP contribution in [0.1, 0.15) is 10.4 Å². The van der Waals surface area contributed by atoms with Gasteiger partial charge in [0.15, 0.2) is 0 Å². The smallest absolute Gasteiger partial charge is 0.255 e. The van der Waals surface area contributed by atoms with Gasteiger partial charge in [-0.3, -0.25) is 4.79 Å². The molecule has 0 saturated carbocycles. The highest BCUT2D eigenvalue weighted by molar-refractivity contribution is 6.04. The highest BCUT2D eigenvalue weighted by Gasteiger charge is 2.13. The molecule has 2 aromatic carbocycles. The number of hydrogen-bond donors (Lipinski definition) is 1. The molecule has 22 heavy (non-hydrogen) atoms. The van der Waals surface area contributed by atoms with Crippen LogP contribution in [-0.4, -0.2) is 20.9 Å². The van der Waals surface area contributed by atoms with Crippen LogP contribution in [0.3, 0.4) is 0 Å². The van der Waals surface area contributed by atoms with E-state index < -0.39 is 23.2 Å². The second-order valence-corrected chi connectivity index (χ2v) is 4.45. The molecule has 110 valence electrons. The number of benzene rings is 2. The van der Waals surface area contributed by atoms with Crippen LogP contribution in [-0.2, 0) is 0 Å². The van der Waals surface area contributed by atoms with Gasteiger partial charge in [0.2, 0.25) is 0 Å². The summed E-state index contributed by atoms with van der Waals surface area (Å²) in [4.78, 5) is 12.0. The highest BCUT2D eigenvalue weighted by atomic mass is 19.1. The van der Waals surface area contributed by atoms with E-state index in [0.717, 1.165) is 12.1 Å². The van der Waals surface area contributed by atoms with Crippen molar-refractivity contribution in [2.75, 3.05) is 5.32 Å². The number of hydrogen-bond acceptors (Lipinski definition) is 3. The number of amides is 1. The predicted molar refractivity (Wildman–Crippen MR) is 75.7 cm³/mol. The van der Waals surface area contributed by atoms with E-state index in [4.69, 9.17) is 0 Å². The molecular weight excluding hydrogens is 290 g/mol. The van der Waals surface area contributed by atoms with E-state index >= 15 is 0 Å². The standard InChI is InChI=1S/C15H10F2N4O/c16-12-2-1-3-13(17)14(12)19-15(22)10-4-6-11(7-5-10)21-9-8-18-20-21/h1-9H,(H,19,22). The minimum atomic E-state index is -0.826. The molecule has 5 nitrogen and oxygen atoms in total. The second-order valence-electron chi connectivity index (χ2n) is 4.45. The van der Waals surface area contributed by atoms with Crippen molar-refractivity contribution in [1.82, 2.24) is 15.0 Å². The van der Waals surface area contributed by atoms with E-state index in [1.165, 1.54) is 29.1 Å². The van der Waals surface area contributed by atoms with Crippen molar-refractivity contribution in [2.24, 2.45) is 0 Å². The van der Waals surface area contributed by atoms with Crippen molar-refractivity contribution in [3.05, 3.63) is 72.1 Å². The van der Waals surface area contributed by atoms with Crippen molar-refractivity contribution < 1.29 is 13.6 Å². The fraction of sp³-hybridized carbons (Fsp3) is 0. The molecule has 0 fully saturated rings. The van der Waals surface area contributed by atoms with Gasteiger partial charge in [0.05, 0.1) is 18.1 Å². The number of carbonyl (C=O) groups is 1. The second kappa shape index (κ2) is 5.72. The third-order valence-electron chi connectivity index (χ3n) is 3.02. The Morgan fingerprint density at radius 2 is 1.73 bits per heavy atom. The minimum absolute atomic E-state index is 0.270. The Kier molecular flexibility index (Phi) is 3.61. The molecule has 0 atom stereocenters. The summed E-state index contributed by atoms with van der Waals surface area (Å²) in [6.07, 6.45) is 3.19. The summed E-state index contributed by atoms with van der Waals surface area (Å²) in [6, 6.07) is 9.75. The van der Waals surface area contributed by atoms with E-state index in [9.17, 15) is 13.6 Å². The van der Waals surface area contributed by atoms with Gasteiger partial charge in [-0.2, -0.15) is 0 Å². The van der Waals surface area contributed by atoms with Crippen LogP contribution in [0, 0.1) is 11.6 Å². The van der Waals surface area contributed by atoms with Crippen molar-refractivity contribution in [1.29, 1.82) is 0 Å². The molecule has 1 aromatic heterocycles. The molecule has 1 N–H and O–H groups in total.